The summed E-state index contributed by atoms with van der Waals surface area (Å²) in [6, 6.07) is 13.2. The van der Waals surface area contributed by atoms with Crippen molar-refractivity contribution in [2.24, 2.45) is 7.05 Å². The fourth-order valence-electron chi connectivity index (χ4n) is 4.97. The third kappa shape index (κ3) is 3.03. The van der Waals surface area contributed by atoms with Gasteiger partial charge in [-0.05, 0) is 25.0 Å². The maximum atomic E-state index is 13.6. The molecule has 1 fully saturated rings. The summed E-state index contributed by atoms with van der Waals surface area (Å²) in [6.45, 7) is 0.210. The van der Waals surface area contributed by atoms with Gasteiger partial charge in [-0.3, -0.25) is 0 Å². The molecule has 0 saturated carbocycles. The molecule has 3 aromatic heterocycles. The normalized spacial score (nSPS) is 23.2. The highest BCUT2D eigenvalue weighted by Crippen LogP contribution is 2.46. The molecule has 6 rings (SSSR count). The Bertz CT molecular complexity index is 1400. The summed E-state index contributed by atoms with van der Waals surface area (Å²) in [4.78, 5) is 8.41. The predicted molar refractivity (Wildman–Crippen MR) is 117 cm³/mol. The van der Waals surface area contributed by atoms with E-state index in [1.165, 1.54) is 12.5 Å². The number of piperidine rings is 1. The van der Waals surface area contributed by atoms with E-state index >= 15 is 0 Å². The molecule has 0 N–H and O–H groups in total. The zero-order chi connectivity index (χ0) is 21.9. The maximum Gasteiger partial charge on any atom is 0.262 e. The fraction of sp³-hybridized carbons (Fsp3) is 0.304. The fourth-order valence-corrected chi connectivity index (χ4v) is 6.58. The van der Waals surface area contributed by atoms with Crippen molar-refractivity contribution >= 4 is 21.0 Å². The lowest BCUT2D eigenvalue weighted by molar-refractivity contribution is 0.0584. The zero-order valence-corrected chi connectivity index (χ0v) is 18.3. The van der Waals surface area contributed by atoms with Crippen LogP contribution >= 0.6 is 0 Å². The minimum atomic E-state index is -3.79. The average molecular weight is 451 g/mol. The molecule has 164 valence electrons. The van der Waals surface area contributed by atoms with Gasteiger partial charge in [0.25, 0.3) is 10.0 Å². The number of furan rings is 1. The number of hydrogen-bond acceptors (Lipinski definition) is 6. The van der Waals surface area contributed by atoms with Crippen molar-refractivity contribution in [3.05, 3.63) is 72.5 Å². The van der Waals surface area contributed by atoms with Crippen LogP contribution in [0.15, 0.2) is 70.6 Å². The standard InChI is InChI=1S/C23H22N4O4S/c1-26-13-22(25-14-26)32(28,29)27-12-20(30-21-8-4-5-9-24-21)18-11-15(27)10-17-16-6-2-3-7-19(16)31-23(17)18/h2-9,13-15,18,20H,10-12H2,1H3/t15-,18+,20-/m0/s1. The van der Waals surface area contributed by atoms with Gasteiger partial charge in [0.05, 0.1) is 18.8 Å². The Balaban J connectivity index is 1.46. The first-order chi connectivity index (χ1) is 15.5. The molecule has 1 aliphatic heterocycles. The number of aryl methyl sites for hydroxylation is 1. The van der Waals surface area contributed by atoms with Gasteiger partial charge < -0.3 is 13.7 Å². The number of sulfonamides is 1. The molecule has 1 aromatic carbocycles. The number of imidazole rings is 1. The zero-order valence-electron chi connectivity index (χ0n) is 17.5. The largest absolute Gasteiger partial charge is 0.472 e. The number of aromatic nitrogens is 3. The van der Waals surface area contributed by atoms with E-state index in [4.69, 9.17) is 9.15 Å². The number of benzene rings is 1. The summed E-state index contributed by atoms with van der Waals surface area (Å²) in [5, 5.41) is 1.09. The minimum Gasteiger partial charge on any atom is -0.472 e. The predicted octanol–water partition coefficient (Wildman–Crippen LogP) is 3.11. The molecular formula is C23H22N4O4S. The van der Waals surface area contributed by atoms with Crippen molar-refractivity contribution in [3.8, 4) is 5.88 Å². The van der Waals surface area contributed by atoms with E-state index in [1.807, 2.05) is 36.4 Å². The molecular weight excluding hydrogens is 428 g/mol. The van der Waals surface area contributed by atoms with Crippen molar-refractivity contribution in [1.82, 2.24) is 18.8 Å². The molecule has 8 nitrogen and oxygen atoms in total. The minimum absolute atomic E-state index is 0.0536. The van der Waals surface area contributed by atoms with Crippen LogP contribution in [-0.2, 0) is 23.5 Å². The van der Waals surface area contributed by atoms with Crippen LogP contribution in [-0.4, -0.2) is 45.9 Å². The average Bonchev–Trinajstić information content (AvgIpc) is 3.40. The molecule has 4 aromatic rings. The Morgan fingerprint density at radius 3 is 2.75 bits per heavy atom. The molecule has 2 aliphatic rings. The van der Waals surface area contributed by atoms with Crippen molar-refractivity contribution < 1.29 is 17.6 Å². The number of fused-ring (bicyclic) bond motifs is 6. The van der Waals surface area contributed by atoms with Crippen LogP contribution < -0.4 is 4.74 Å². The van der Waals surface area contributed by atoms with Crippen LogP contribution in [0.1, 0.15) is 23.7 Å². The van der Waals surface area contributed by atoms with E-state index in [9.17, 15) is 8.42 Å². The van der Waals surface area contributed by atoms with Crippen molar-refractivity contribution in [3.63, 3.8) is 0 Å². The number of hydrogen-bond donors (Lipinski definition) is 0. The second-order valence-corrected chi connectivity index (χ2v) is 10.3. The van der Waals surface area contributed by atoms with Gasteiger partial charge in [0.15, 0.2) is 5.03 Å². The highest BCUT2D eigenvalue weighted by Gasteiger charge is 2.49. The SMILES string of the molecule is Cn1cnc(S(=O)(=O)N2C[C@H](Oc3ccccn3)[C@H]3C[C@@H]2Cc2c3oc3ccccc23)c1. The molecule has 0 amide bonds. The van der Waals surface area contributed by atoms with E-state index in [1.54, 1.807) is 28.2 Å². The van der Waals surface area contributed by atoms with Crippen LogP contribution in [0.2, 0.25) is 0 Å². The van der Waals surface area contributed by atoms with Gasteiger partial charge in [-0.2, -0.15) is 4.31 Å². The maximum absolute atomic E-state index is 13.6. The molecule has 1 saturated heterocycles. The Morgan fingerprint density at radius 1 is 1.12 bits per heavy atom. The van der Waals surface area contributed by atoms with Gasteiger partial charge in [0.2, 0.25) is 5.88 Å². The molecule has 0 spiro atoms. The highest BCUT2D eigenvalue weighted by atomic mass is 32.2. The highest BCUT2D eigenvalue weighted by molar-refractivity contribution is 7.89. The summed E-state index contributed by atoms with van der Waals surface area (Å²) in [7, 11) is -2.03. The van der Waals surface area contributed by atoms with Gasteiger partial charge >= 0.3 is 0 Å². The van der Waals surface area contributed by atoms with Crippen LogP contribution in [0.3, 0.4) is 0 Å². The van der Waals surface area contributed by atoms with Crippen LogP contribution in [0.4, 0.5) is 0 Å². The first-order valence-corrected chi connectivity index (χ1v) is 12.0. The van der Waals surface area contributed by atoms with Crippen molar-refractivity contribution in [1.29, 1.82) is 0 Å². The number of ether oxygens (including phenoxy) is 1. The lowest BCUT2D eigenvalue weighted by atomic mass is 9.78. The molecule has 4 heterocycles. The summed E-state index contributed by atoms with van der Waals surface area (Å²) in [6.07, 6.45) is 5.50. The van der Waals surface area contributed by atoms with Gasteiger partial charge in [0.1, 0.15) is 17.4 Å². The Kier molecular flexibility index (Phi) is 4.38. The third-order valence-electron chi connectivity index (χ3n) is 6.41. The van der Waals surface area contributed by atoms with Crippen molar-refractivity contribution in [2.45, 2.75) is 35.9 Å². The summed E-state index contributed by atoms with van der Waals surface area (Å²) >= 11 is 0. The number of para-hydroxylation sites is 1. The van der Waals surface area contributed by atoms with Gasteiger partial charge in [0, 0.05) is 42.5 Å². The molecule has 0 radical (unpaired) electrons. The number of nitrogens with zero attached hydrogens (tertiary/aromatic N) is 4. The molecule has 1 aliphatic carbocycles. The molecule has 2 bridgehead atoms. The Hall–Kier alpha value is -3.17. The number of rotatable bonds is 4. The van der Waals surface area contributed by atoms with Gasteiger partial charge in [-0.15, -0.1) is 0 Å². The van der Waals surface area contributed by atoms with Gasteiger partial charge in [-0.1, -0.05) is 24.3 Å². The summed E-state index contributed by atoms with van der Waals surface area (Å²) in [5.74, 6) is 1.31. The lowest BCUT2D eigenvalue weighted by Crippen LogP contribution is -2.55. The van der Waals surface area contributed by atoms with Crippen LogP contribution in [0.25, 0.3) is 11.0 Å². The van der Waals surface area contributed by atoms with E-state index < -0.39 is 16.1 Å². The number of pyridine rings is 1. The molecule has 0 unspecified atom stereocenters. The topological polar surface area (TPSA) is 90.5 Å². The second kappa shape index (κ2) is 7.18. The Labute approximate surface area is 185 Å². The summed E-state index contributed by atoms with van der Waals surface area (Å²) in [5.41, 5.74) is 1.89. The second-order valence-electron chi connectivity index (χ2n) is 8.42. The first-order valence-electron chi connectivity index (χ1n) is 10.6. The Morgan fingerprint density at radius 2 is 1.97 bits per heavy atom. The van der Waals surface area contributed by atoms with Crippen LogP contribution in [0.5, 0.6) is 5.88 Å². The third-order valence-corrected chi connectivity index (χ3v) is 8.22. The van der Waals surface area contributed by atoms with Crippen molar-refractivity contribution in [2.75, 3.05) is 6.54 Å². The van der Waals surface area contributed by atoms with Crippen LogP contribution in [0, 0.1) is 0 Å². The quantitative estimate of drug-likeness (QED) is 0.475. The lowest BCUT2D eigenvalue weighted by Gasteiger charge is -2.44. The molecule has 32 heavy (non-hydrogen) atoms. The smallest absolute Gasteiger partial charge is 0.262 e. The van der Waals surface area contributed by atoms with E-state index in [-0.39, 0.29) is 23.5 Å². The molecule has 3 atom stereocenters. The summed E-state index contributed by atoms with van der Waals surface area (Å²) < 4.78 is 42.9. The van der Waals surface area contributed by atoms with E-state index in [2.05, 4.69) is 9.97 Å². The first kappa shape index (κ1) is 19.5. The van der Waals surface area contributed by atoms with Gasteiger partial charge in [-0.25, -0.2) is 18.4 Å². The van der Waals surface area contributed by atoms with E-state index in [0.717, 1.165) is 22.3 Å². The molecule has 9 heteroatoms. The van der Waals surface area contributed by atoms with E-state index in [0.29, 0.717) is 18.7 Å². The monoisotopic (exact) mass is 450 g/mol.